The van der Waals surface area contributed by atoms with E-state index in [0.717, 1.165) is 16.7 Å². The van der Waals surface area contributed by atoms with Crippen LogP contribution in [-0.4, -0.2) is 10.8 Å². The van der Waals surface area contributed by atoms with Crippen molar-refractivity contribution in [1.82, 2.24) is 0 Å². The molecule has 1 heterocycles. The summed E-state index contributed by atoms with van der Waals surface area (Å²) in [6.45, 7) is 0. The van der Waals surface area contributed by atoms with Crippen LogP contribution in [0.1, 0.15) is 35.6 Å². The first-order chi connectivity index (χ1) is 11.2. The third-order valence-electron chi connectivity index (χ3n) is 4.29. The van der Waals surface area contributed by atoms with Crippen molar-refractivity contribution in [2.75, 3.05) is 0 Å². The lowest BCUT2D eigenvalue weighted by Crippen LogP contribution is -2.22. The maximum Gasteiger partial charge on any atom is 0.172 e. The Labute approximate surface area is 139 Å². The molecule has 0 amide bonds. The highest BCUT2D eigenvalue weighted by molar-refractivity contribution is 6.30. The predicted molar refractivity (Wildman–Crippen MR) is 89.2 cm³/mol. The van der Waals surface area contributed by atoms with Crippen LogP contribution in [0.15, 0.2) is 53.7 Å². The van der Waals surface area contributed by atoms with E-state index in [2.05, 4.69) is 17.0 Å². The van der Waals surface area contributed by atoms with E-state index in [1.54, 1.807) is 0 Å². The molecule has 23 heavy (non-hydrogen) atoms. The van der Waals surface area contributed by atoms with E-state index < -0.39 is 11.7 Å². The van der Waals surface area contributed by atoms with Gasteiger partial charge in [-0.15, -0.1) is 0 Å². The van der Waals surface area contributed by atoms with Crippen LogP contribution in [0.2, 0.25) is 5.02 Å². The van der Waals surface area contributed by atoms with Gasteiger partial charge in [-0.1, -0.05) is 53.0 Å². The number of oxime groups is 1. The van der Waals surface area contributed by atoms with Crippen molar-refractivity contribution in [2.24, 2.45) is 5.16 Å². The zero-order valence-electron chi connectivity index (χ0n) is 12.3. The number of aliphatic hydroxyl groups is 1. The Morgan fingerprint density at radius 3 is 2.91 bits per heavy atom. The topological polar surface area (TPSA) is 41.8 Å². The highest BCUT2D eigenvalue weighted by atomic mass is 35.5. The van der Waals surface area contributed by atoms with Crippen molar-refractivity contribution in [3.05, 3.63) is 70.2 Å². The molecule has 2 unspecified atom stereocenters. The van der Waals surface area contributed by atoms with Gasteiger partial charge in [-0.25, -0.2) is 0 Å². The van der Waals surface area contributed by atoms with Crippen LogP contribution in [-0.2, 0) is 10.4 Å². The van der Waals surface area contributed by atoms with Crippen molar-refractivity contribution in [1.29, 1.82) is 0 Å². The molecule has 1 N–H and O–H groups in total. The molecule has 1 aliphatic carbocycles. The quantitative estimate of drug-likeness (QED) is 0.749. The molecule has 4 heteroatoms. The number of fused-ring (bicyclic) bond motifs is 2. The number of halogens is 1. The summed E-state index contributed by atoms with van der Waals surface area (Å²) in [5, 5.41) is 15.0. The van der Waals surface area contributed by atoms with Gasteiger partial charge in [0, 0.05) is 29.0 Å². The molecule has 0 saturated carbocycles. The van der Waals surface area contributed by atoms with Gasteiger partial charge in [0.05, 0.1) is 6.10 Å². The minimum atomic E-state index is -0.575. The number of hydrogen-bond acceptors (Lipinski definition) is 3. The van der Waals surface area contributed by atoms with Gasteiger partial charge in [-0.2, -0.15) is 0 Å². The highest BCUT2D eigenvalue weighted by Crippen LogP contribution is 2.50. The van der Waals surface area contributed by atoms with Crippen LogP contribution >= 0.6 is 11.6 Å². The molecule has 0 fully saturated rings. The van der Waals surface area contributed by atoms with Crippen molar-refractivity contribution in [3.8, 4) is 11.8 Å². The molecule has 0 bridgehead atoms. The van der Waals surface area contributed by atoms with Crippen molar-refractivity contribution in [2.45, 2.75) is 24.5 Å². The highest BCUT2D eigenvalue weighted by Gasteiger charge is 2.49. The molecule has 0 aromatic heterocycles. The summed E-state index contributed by atoms with van der Waals surface area (Å²) in [6, 6.07) is 15.2. The third kappa shape index (κ3) is 2.50. The molecule has 2 atom stereocenters. The minimum absolute atomic E-state index is 0.512. The number of aliphatic hydroxyl groups excluding tert-OH is 1. The Kier molecular flexibility index (Phi) is 3.37. The van der Waals surface area contributed by atoms with E-state index >= 15 is 0 Å². The van der Waals surface area contributed by atoms with Gasteiger partial charge in [0.1, 0.15) is 5.71 Å². The average molecular weight is 324 g/mol. The van der Waals surface area contributed by atoms with Crippen LogP contribution in [0.25, 0.3) is 0 Å². The molecule has 0 radical (unpaired) electrons. The Morgan fingerprint density at radius 1 is 1.17 bits per heavy atom. The van der Waals surface area contributed by atoms with E-state index in [0.29, 0.717) is 23.6 Å². The number of rotatable bonds is 0. The minimum Gasteiger partial charge on any atom is -0.388 e. The van der Waals surface area contributed by atoms with Gasteiger partial charge in [0.2, 0.25) is 0 Å². The van der Waals surface area contributed by atoms with Crippen molar-refractivity contribution in [3.63, 3.8) is 0 Å². The molecule has 3 nitrogen and oxygen atoms in total. The van der Waals surface area contributed by atoms with E-state index in [-0.39, 0.29) is 0 Å². The lowest BCUT2D eigenvalue weighted by atomic mass is 9.91. The first-order valence-corrected chi connectivity index (χ1v) is 7.84. The predicted octanol–water partition coefficient (Wildman–Crippen LogP) is 3.80. The third-order valence-corrected chi connectivity index (χ3v) is 4.53. The summed E-state index contributed by atoms with van der Waals surface area (Å²) in [7, 11) is 0. The zero-order valence-corrected chi connectivity index (χ0v) is 13.0. The second-order valence-electron chi connectivity index (χ2n) is 5.87. The largest absolute Gasteiger partial charge is 0.388 e. The number of benzene rings is 2. The summed E-state index contributed by atoms with van der Waals surface area (Å²) in [5.41, 5.74) is 2.89. The fraction of sp³-hybridized carbons (Fsp3) is 0.211. The molecule has 1 spiro atoms. The first-order valence-electron chi connectivity index (χ1n) is 7.46. The van der Waals surface area contributed by atoms with E-state index in [1.165, 1.54) is 0 Å². The molecule has 2 aliphatic rings. The summed E-state index contributed by atoms with van der Waals surface area (Å²) in [5.74, 6) is 6.12. The van der Waals surface area contributed by atoms with Crippen LogP contribution in [0.3, 0.4) is 0 Å². The van der Waals surface area contributed by atoms with Crippen molar-refractivity contribution >= 4 is 17.3 Å². The Hall–Kier alpha value is -2.28. The van der Waals surface area contributed by atoms with E-state index in [9.17, 15) is 5.11 Å². The normalized spacial score (nSPS) is 24.6. The lowest BCUT2D eigenvalue weighted by molar-refractivity contribution is -0.0413. The average Bonchev–Trinajstić information content (AvgIpc) is 3.09. The Balaban J connectivity index is 1.59. The Morgan fingerprint density at radius 2 is 2.04 bits per heavy atom. The first kappa shape index (κ1) is 14.3. The van der Waals surface area contributed by atoms with Gasteiger partial charge in [0.15, 0.2) is 5.60 Å². The second-order valence-corrected chi connectivity index (χ2v) is 6.30. The maximum atomic E-state index is 10.3. The zero-order chi connectivity index (χ0) is 15.9. The summed E-state index contributed by atoms with van der Waals surface area (Å²) >= 11 is 5.96. The monoisotopic (exact) mass is 323 g/mol. The van der Waals surface area contributed by atoms with E-state index in [4.69, 9.17) is 16.4 Å². The molecular weight excluding hydrogens is 310 g/mol. The summed E-state index contributed by atoms with van der Waals surface area (Å²) in [4.78, 5) is 5.72. The van der Waals surface area contributed by atoms with Gasteiger partial charge >= 0.3 is 0 Å². The van der Waals surface area contributed by atoms with Crippen LogP contribution < -0.4 is 0 Å². The van der Waals surface area contributed by atoms with Crippen molar-refractivity contribution < 1.29 is 9.94 Å². The molecule has 4 rings (SSSR count). The molecule has 1 aliphatic heterocycles. The number of hydrogen-bond donors (Lipinski definition) is 1. The summed E-state index contributed by atoms with van der Waals surface area (Å²) < 4.78 is 0. The van der Waals surface area contributed by atoms with Gasteiger partial charge < -0.3 is 9.94 Å². The maximum absolute atomic E-state index is 10.3. The molecule has 2 aromatic carbocycles. The number of nitrogens with zero attached hydrogens (tertiary/aromatic N) is 1. The SMILES string of the molecule is OC1CC2(CC(C#Cc3cccc(Cl)c3)=NO2)c2ccccc21. The molecule has 0 saturated heterocycles. The fourth-order valence-corrected chi connectivity index (χ4v) is 3.43. The Bertz CT molecular complexity index is 865. The molecular formula is C19H14ClNO2. The van der Waals surface area contributed by atoms with Gasteiger partial charge in [0.25, 0.3) is 0 Å². The molecule has 2 aromatic rings. The van der Waals surface area contributed by atoms with Crippen LogP contribution in [0.5, 0.6) is 0 Å². The fourth-order valence-electron chi connectivity index (χ4n) is 3.24. The smallest absolute Gasteiger partial charge is 0.172 e. The van der Waals surface area contributed by atoms with Crippen LogP contribution in [0, 0.1) is 11.8 Å². The second kappa shape index (κ2) is 5.42. The van der Waals surface area contributed by atoms with Gasteiger partial charge in [-0.05, 0) is 29.7 Å². The standard InChI is InChI=1S/C19H14ClNO2/c20-14-5-3-4-13(10-14)8-9-15-11-19(23-21-15)12-18(22)16-6-1-2-7-17(16)19/h1-7,10,18,22H,11-12H2. The lowest BCUT2D eigenvalue weighted by Gasteiger charge is -2.21. The molecule has 114 valence electrons. The van der Waals surface area contributed by atoms with Gasteiger partial charge in [-0.3, -0.25) is 0 Å². The van der Waals surface area contributed by atoms with E-state index in [1.807, 2.05) is 48.5 Å². The van der Waals surface area contributed by atoms with Crippen LogP contribution in [0.4, 0.5) is 0 Å². The summed E-state index contributed by atoms with van der Waals surface area (Å²) in [6.07, 6.45) is 0.578.